The Bertz CT molecular complexity index is 306. The summed E-state index contributed by atoms with van der Waals surface area (Å²) < 4.78 is 18.2. The third-order valence-corrected chi connectivity index (χ3v) is 6.62. The zero-order chi connectivity index (χ0) is 12.6. The Kier molecular flexibility index (Phi) is 3.96. The first-order valence-corrected chi connectivity index (χ1v) is 7.95. The van der Waals surface area contributed by atoms with E-state index in [1.165, 1.54) is 0 Å². The van der Waals surface area contributed by atoms with E-state index in [2.05, 4.69) is 13.8 Å². The van der Waals surface area contributed by atoms with Crippen LogP contribution in [0.1, 0.15) is 46.5 Å². The van der Waals surface area contributed by atoms with E-state index in [0.717, 1.165) is 32.3 Å². The fourth-order valence-electron chi connectivity index (χ4n) is 3.04. The molecule has 0 radical (unpaired) electrons. The molecule has 2 aliphatic rings. The molecule has 0 aromatic rings. The molecule has 3 nitrogen and oxygen atoms in total. The lowest BCUT2D eigenvalue weighted by Gasteiger charge is -2.39. The Morgan fingerprint density at radius 2 is 2.00 bits per heavy atom. The van der Waals surface area contributed by atoms with Crippen molar-refractivity contribution in [1.29, 1.82) is 0 Å². The SMILES string of the molecule is CC1OCCC1S(=O)C1CC(C)(C)CCC1N. The van der Waals surface area contributed by atoms with Crippen molar-refractivity contribution >= 4 is 10.8 Å². The summed E-state index contributed by atoms with van der Waals surface area (Å²) in [6.07, 6.45) is 4.21. The van der Waals surface area contributed by atoms with Crippen LogP contribution >= 0.6 is 0 Å². The van der Waals surface area contributed by atoms with Gasteiger partial charge in [0.25, 0.3) is 0 Å². The van der Waals surface area contributed by atoms with Crippen LogP contribution in [-0.4, -0.2) is 33.5 Å². The molecular weight excluding hydrogens is 234 g/mol. The predicted molar refractivity (Wildman–Crippen MR) is 71.4 cm³/mol. The Labute approximate surface area is 107 Å². The van der Waals surface area contributed by atoms with Gasteiger partial charge in [0, 0.05) is 23.4 Å². The van der Waals surface area contributed by atoms with E-state index in [9.17, 15) is 4.21 Å². The summed E-state index contributed by atoms with van der Waals surface area (Å²) in [6.45, 7) is 7.31. The topological polar surface area (TPSA) is 52.3 Å². The molecule has 0 bridgehead atoms. The van der Waals surface area contributed by atoms with Gasteiger partial charge in [-0.15, -0.1) is 0 Å². The monoisotopic (exact) mass is 259 g/mol. The first-order chi connectivity index (χ1) is 7.91. The van der Waals surface area contributed by atoms with Crippen molar-refractivity contribution in [3.8, 4) is 0 Å². The minimum atomic E-state index is -0.839. The van der Waals surface area contributed by atoms with Gasteiger partial charge in [-0.25, -0.2) is 0 Å². The van der Waals surface area contributed by atoms with E-state index in [1.54, 1.807) is 0 Å². The van der Waals surface area contributed by atoms with Gasteiger partial charge < -0.3 is 10.5 Å². The predicted octanol–water partition coefficient (Wildman–Crippen LogP) is 1.82. The minimum Gasteiger partial charge on any atom is -0.377 e. The lowest BCUT2D eigenvalue weighted by Crippen LogP contribution is -2.48. The van der Waals surface area contributed by atoms with Crippen LogP contribution in [0, 0.1) is 5.41 Å². The van der Waals surface area contributed by atoms with Gasteiger partial charge in [0.2, 0.25) is 0 Å². The Morgan fingerprint density at radius 3 is 2.59 bits per heavy atom. The molecule has 2 N–H and O–H groups in total. The van der Waals surface area contributed by atoms with Gasteiger partial charge in [0.1, 0.15) is 0 Å². The van der Waals surface area contributed by atoms with Gasteiger partial charge in [-0.05, 0) is 38.0 Å². The fourth-order valence-corrected chi connectivity index (χ4v) is 5.37. The molecule has 2 fully saturated rings. The maximum absolute atomic E-state index is 12.7. The third-order valence-electron chi connectivity index (χ3n) is 4.29. The lowest BCUT2D eigenvalue weighted by molar-refractivity contribution is 0.126. The van der Waals surface area contributed by atoms with Crippen molar-refractivity contribution in [2.45, 2.75) is 69.1 Å². The highest BCUT2D eigenvalue weighted by molar-refractivity contribution is 7.86. The fraction of sp³-hybridized carbons (Fsp3) is 1.00. The molecule has 0 amide bonds. The standard InChI is InChI=1S/C13H25NO2S/c1-9-11(5-7-16-9)17(15)12-8-13(2,3)6-4-10(12)14/h9-12H,4-8,14H2,1-3H3. The van der Waals surface area contributed by atoms with E-state index in [1.807, 2.05) is 6.92 Å². The minimum absolute atomic E-state index is 0.108. The molecule has 1 saturated carbocycles. The summed E-state index contributed by atoms with van der Waals surface area (Å²) in [5, 5.41) is 0.354. The number of rotatable bonds is 2. The molecule has 0 aromatic heterocycles. The average Bonchev–Trinajstić information content (AvgIpc) is 2.67. The molecule has 0 spiro atoms. The summed E-state index contributed by atoms with van der Waals surface area (Å²) in [4.78, 5) is 0. The summed E-state index contributed by atoms with van der Waals surface area (Å²) in [6, 6.07) is 0.108. The third kappa shape index (κ3) is 2.91. The molecule has 5 unspecified atom stereocenters. The summed E-state index contributed by atoms with van der Waals surface area (Å²) in [5.41, 5.74) is 6.47. The number of ether oxygens (including phenoxy) is 1. The van der Waals surface area contributed by atoms with Crippen LogP contribution < -0.4 is 5.73 Å². The van der Waals surface area contributed by atoms with Crippen molar-refractivity contribution in [1.82, 2.24) is 0 Å². The molecule has 1 aliphatic heterocycles. The van der Waals surface area contributed by atoms with Crippen LogP contribution in [0.3, 0.4) is 0 Å². The summed E-state index contributed by atoms with van der Waals surface area (Å²) in [7, 11) is -0.839. The highest BCUT2D eigenvalue weighted by Crippen LogP contribution is 2.38. The normalized spacial score (nSPS) is 43.5. The molecule has 17 heavy (non-hydrogen) atoms. The maximum atomic E-state index is 12.7. The Morgan fingerprint density at radius 1 is 1.29 bits per heavy atom. The van der Waals surface area contributed by atoms with Crippen LogP contribution in [-0.2, 0) is 15.5 Å². The Balaban J connectivity index is 2.07. The van der Waals surface area contributed by atoms with Crippen molar-refractivity contribution < 1.29 is 8.95 Å². The van der Waals surface area contributed by atoms with E-state index in [-0.39, 0.29) is 22.6 Å². The van der Waals surface area contributed by atoms with Crippen LogP contribution in [0.4, 0.5) is 0 Å². The second kappa shape index (κ2) is 4.98. The molecule has 5 atom stereocenters. The maximum Gasteiger partial charge on any atom is 0.0691 e. The average molecular weight is 259 g/mol. The summed E-state index contributed by atoms with van der Waals surface area (Å²) in [5.74, 6) is 0. The first-order valence-electron chi connectivity index (χ1n) is 6.67. The van der Waals surface area contributed by atoms with E-state index in [4.69, 9.17) is 10.5 Å². The number of hydrogen-bond donors (Lipinski definition) is 1. The molecule has 1 aliphatic carbocycles. The Hall–Kier alpha value is 0.0700. The van der Waals surface area contributed by atoms with Crippen LogP contribution in [0.15, 0.2) is 0 Å². The number of hydrogen-bond acceptors (Lipinski definition) is 3. The van der Waals surface area contributed by atoms with Crippen molar-refractivity contribution in [3.63, 3.8) is 0 Å². The van der Waals surface area contributed by atoms with Gasteiger partial charge >= 0.3 is 0 Å². The molecule has 4 heteroatoms. The van der Waals surface area contributed by atoms with Gasteiger partial charge in [0.15, 0.2) is 0 Å². The molecule has 100 valence electrons. The zero-order valence-corrected chi connectivity index (χ0v) is 12.0. The van der Waals surface area contributed by atoms with Crippen molar-refractivity contribution in [2.24, 2.45) is 11.1 Å². The first kappa shape index (κ1) is 13.5. The van der Waals surface area contributed by atoms with Crippen LogP contribution in [0.5, 0.6) is 0 Å². The zero-order valence-electron chi connectivity index (χ0n) is 11.1. The highest BCUT2D eigenvalue weighted by Gasteiger charge is 2.41. The number of nitrogens with two attached hydrogens (primary N) is 1. The van der Waals surface area contributed by atoms with Crippen molar-refractivity contribution in [3.05, 3.63) is 0 Å². The molecule has 0 aromatic carbocycles. The summed E-state index contributed by atoms with van der Waals surface area (Å²) >= 11 is 0. The van der Waals surface area contributed by atoms with Gasteiger partial charge in [-0.2, -0.15) is 0 Å². The van der Waals surface area contributed by atoms with E-state index in [0.29, 0.717) is 5.41 Å². The smallest absolute Gasteiger partial charge is 0.0691 e. The highest BCUT2D eigenvalue weighted by atomic mass is 32.2. The molecule has 1 heterocycles. The van der Waals surface area contributed by atoms with Crippen molar-refractivity contribution in [2.75, 3.05) is 6.61 Å². The van der Waals surface area contributed by atoms with Gasteiger partial charge in [-0.3, -0.25) is 4.21 Å². The quantitative estimate of drug-likeness (QED) is 0.823. The largest absolute Gasteiger partial charge is 0.377 e. The molecular formula is C13H25NO2S. The lowest BCUT2D eigenvalue weighted by atomic mass is 9.75. The molecule has 1 saturated heterocycles. The van der Waals surface area contributed by atoms with Gasteiger partial charge in [-0.1, -0.05) is 13.8 Å². The van der Waals surface area contributed by atoms with E-state index >= 15 is 0 Å². The van der Waals surface area contributed by atoms with Gasteiger partial charge in [0.05, 0.1) is 16.6 Å². The second-order valence-electron chi connectivity index (χ2n) is 6.34. The van der Waals surface area contributed by atoms with Crippen LogP contribution in [0.25, 0.3) is 0 Å². The second-order valence-corrected chi connectivity index (χ2v) is 8.21. The molecule has 2 rings (SSSR count). The van der Waals surface area contributed by atoms with E-state index < -0.39 is 10.8 Å². The van der Waals surface area contributed by atoms with Crippen LogP contribution in [0.2, 0.25) is 0 Å².